The highest BCUT2D eigenvalue weighted by Crippen LogP contribution is 2.25. The van der Waals surface area contributed by atoms with Crippen LogP contribution < -0.4 is 11.3 Å². The Hall–Kier alpha value is -0.750. The number of nitrogens with zero attached hydrogens (tertiary/aromatic N) is 1. The molecule has 0 fully saturated rings. The summed E-state index contributed by atoms with van der Waals surface area (Å²) < 4.78 is 1.07. The van der Waals surface area contributed by atoms with Gasteiger partial charge in [0, 0.05) is 22.0 Å². The molecule has 0 aliphatic rings. The smallest absolute Gasteiger partial charge is 0.0947 e. The van der Waals surface area contributed by atoms with E-state index in [0.29, 0.717) is 0 Å². The maximum atomic E-state index is 5.69. The summed E-state index contributed by atoms with van der Waals surface area (Å²) in [5.74, 6) is 5.69. The molecule has 1 heterocycles. The predicted octanol–water partition coefficient (Wildman–Crippen LogP) is 3.27. The fourth-order valence-corrected chi connectivity index (χ4v) is 3.11. The number of aromatic nitrogens is 1. The summed E-state index contributed by atoms with van der Waals surface area (Å²) in [6.45, 7) is 4.11. The topological polar surface area (TPSA) is 50.9 Å². The van der Waals surface area contributed by atoms with Crippen molar-refractivity contribution in [2.24, 2.45) is 5.84 Å². The Morgan fingerprint density at radius 3 is 2.83 bits per heavy atom. The van der Waals surface area contributed by atoms with Crippen molar-refractivity contribution in [1.29, 1.82) is 0 Å². The Kier molecular flexibility index (Phi) is 4.50. The first-order valence-corrected chi connectivity index (χ1v) is 7.40. The molecule has 0 bridgehead atoms. The molecule has 0 saturated heterocycles. The van der Waals surface area contributed by atoms with Gasteiger partial charge in [0.2, 0.25) is 0 Å². The van der Waals surface area contributed by atoms with Gasteiger partial charge in [-0.05, 0) is 37.1 Å². The van der Waals surface area contributed by atoms with Crippen LogP contribution in [-0.2, 0) is 6.42 Å². The standard InChI is InChI=1S/C13H16BrN3S/c1-8-3-4-10(14)5-11(8)12(17-15)6-13-16-9(2)7-18-13/h3-5,7,12,17H,6,15H2,1-2H3. The Labute approximate surface area is 120 Å². The zero-order chi connectivity index (χ0) is 13.1. The van der Waals surface area contributed by atoms with Crippen molar-refractivity contribution in [1.82, 2.24) is 10.4 Å². The lowest BCUT2D eigenvalue weighted by Crippen LogP contribution is -2.30. The van der Waals surface area contributed by atoms with E-state index in [-0.39, 0.29) is 6.04 Å². The molecule has 1 aromatic carbocycles. The number of nitrogens with two attached hydrogens (primary N) is 1. The summed E-state index contributed by atoms with van der Waals surface area (Å²) in [5, 5.41) is 3.17. The second-order valence-corrected chi connectivity index (χ2v) is 6.17. The van der Waals surface area contributed by atoms with Crippen molar-refractivity contribution in [2.45, 2.75) is 26.3 Å². The molecule has 0 radical (unpaired) electrons. The maximum absolute atomic E-state index is 5.69. The van der Waals surface area contributed by atoms with Crippen molar-refractivity contribution in [3.05, 3.63) is 49.9 Å². The minimum Gasteiger partial charge on any atom is -0.271 e. The van der Waals surface area contributed by atoms with E-state index in [9.17, 15) is 0 Å². The normalized spacial score (nSPS) is 12.7. The Balaban J connectivity index is 2.25. The van der Waals surface area contributed by atoms with Crippen LogP contribution in [0.3, 0.4) is 0 Å². The summed E-state index contributed by atoms with van der Waals surface area (Å²) in [7, 11) is 0. The van der Waals surface area contributed by atoms with E-state index in [1.165, 1.54) is 11.1 Å². The van der Waals surface area contributed by atoms with Gasteiger partial charge in [-0.1, -0.05) is 22.0 Å². The molecule has 3 nitrogen and oxygen atoms in total. The summed E-state index contributed by atoms with van der Waals surface area (Å²) >= 11 is 5.18. The SMILES string of the molecule is Cc1csc(CC(NN)c2cc(Br)ccc2C)n1. The van der Waals surface area contributed by atoms with Gasteiger partial charge < -0.3 is 0 Å². The van der Waals surface area contributed by atoms with Gasteiger partial charge in [-0.25, -0.2) is 4.98 Å². The molecule has 96 valence electrons. The van der Waals surface area contributed by atoms with E-state index < -0.39 is 0 Å². The first-order valence-electron chi connectivity index (χ1n) is 5.73. The van der Waals surface area contributed by atoms with Crippen LogP contribution in [0.1, 0.15) is 27.9 Å². The van der Waals surface area contributed by atoms with Gasteiger partial charge in [0.15, 0.2) is 0 Å². The van der Waals surface area contributed by atoms with Gasteiger partial charge in [-0.2, -0.15) is 0 Å². The number of thiazole rings is 1. The van der Waals surface area contributed by atoms with Gasteiger partial charge in [-0.3, -0.25) is 11.3 Å². The third-order valence-corrected chi connectivity index (χ3v) is 4.35. The quantitative estimate of drug-likeness (QED) is 0.670. The molecule has 0 amide bonds. The molecule has 0 aliphatic heterocycles. The molecule has 3 N–H and O–H groups in total. The van der Waals surface area contributed by atoms with Crippen molar-refractivity contribution in [3.8, 4) is 0 Å². The molecular formula is C13H16BrN3S. The molecule has 0 saturated carbocycles. The van der Waals surface area contributed by atoms with E-state index in [0.717, 1.165) is 21.6 Å². The van der Waals surface area contributed by atoms with E-state index in [1.807, 2.05) is 13.0 Å². The highest BCUT2D eigenvalue weighted by atomic mass is 79.9. The Bertz CT molecular complexity index is 539. The fourth-order valence-electron chi connectivity index (χ4n) is 1.92. The van der Waals surface area contributed by atoms with E-state index in [1.54, 1.807) is 11.3 Å². The lowest BCUT2D eigenvalue weighted by atomic mass is 9.99. The molecule has 0 spiro atoms. The van der Waals surface area contributed by atoms with Crippen LogP contribution in [0.15, 0.2) is 28.1 Å². The van der Waals surface area contributed by atoms with Crippen molar-refractivity contribution in [3.63, 3.8) is 0 Å². The molecule has 0 aliphatic carbocycles. The first kappa shape index (κ1) is 13.7. The van der Waals surface area contributed by atoms with Crippen molar-refractivity contribution < 1.29 is 0 Å². The number of hydrogen-bond donors (Lipinski definition) is 2. The zero-order valence-corrected chi connectivity index (χ0v) is 12.8. The largest absolute Gasteiger partial charge is 0.271 e. The maximum Gasteiger partial charge on any atom is 0.0947 e. The first-order chi connectivity index (χ1) is 8.60. The number of hydrazine groups is 1. The molecule has 18 heavy (non-hydrogen) atoms. The van der Waals surface area contributed by atoms with Crippen LogP contribution in [0.4, 0.5) is 0 Å². The third-order valence-electron chi connectivity index (χ3n) is 2.86. The van der Waals surface area contributed by atoms with Crippen LogP contribution >= 0.6 is 27.3 Å². The number of halogens is 1. The van der Waals surface area contributed by atoms with E-state index in [2.05, 4.69) is 50.8 Å². The number of benzene rings is 1. The zero-order valence-electron chi connectivity index (χ0n) is 10.4. The van der Waals surface area contributed by atoms with Gasteiger partial charge in [0.25, 0.3) is 0 Å². The molecule has 2 rings (SSSR count). The van der Waals surface area contributed by atoms with Crippen molar-refractivity contribution >= 4 is 27.3 Å². The van der Waals surface area contributed by atoms with Gasteiger partial charge in [-0.15, -0.1) is 11.3 Å². The van der Waals surface area contributed by atoms with Crippen LogP contribution in [0.5, 0.6) is 0 Å². The average Bonchev–Trinajstić information content (AvgIpc) is 2.75. The molecule has 5 heteroatoms. The van der Waals surface area contributed by atoms with Crippen LogP contribution in [0, 0.1) is 13.8 Å². The molecular weight excluding hydrogens is 310 g/mol. The average molecular weight is 326 g/mol. The van der Waals surface area contributed by atoms with Gasteiger partial charge in [0.05, 0.1) is 11.0 Å². The number of hydrogen-bond acceptors (Lipinski definition) is 4. The van der Waals surface area contributed by atoms with Crippen molar-refractivity contribution in [2.75, 3.05) is 0 Å². The molecule has 2 aromatic rings. The lowest BCUT2D eigenvalue weighted by molar-refractivity contribution is 0.547. The molecule has 1 atom stereocenters. The molecule has 1 aromatic heterocycles. The Morgan fingerprint density at radius 1 is 1.44 bits per heavy atom. The van der Waals surface area contributed by atoms with Crippen LogP contribution in [0.25, 0.3) is 0 Å². The summed E-state index contributed by atoms with van der Waals surface area (Å²) in [4.78, 5) is 4.49. The number of nitrogens with one attached hydrogen (secondary N) is 1. The minimum atomic E-state index is 0.0908. The second kappa shape index (κ2) is 5.93. The highest BCUT2D eigenvalue weighted by molar-refractivity contribution is 9.10. The molecule has 1 unspecified atom stereocenters. The fraction of sp³-hybridized carbons (Fsp3) is 0.308. The van der Waals surface area contributed by atoms with Crippen LogP contribution in [0.2, 0.25) is 0 Å². The monoisotopic (exact) mass is 325 g/mol. The van der Waals surface area contributed by atoms with Gasteiger partial charge >= 0.3 is 0 Å². The Morgan fingerprint density at radius 2 is 2.22 bits per heavy atom. The van der Waals surface area contributed by atoms with E-state index in [4.69, 9.17) is 5.84 Å². The summed E-state index contributed by atoms with van der Waals surface area (Å²) in [5.41, 5.74) is 6.40. The third kappa shape index (κ3) is 3.17. The second-order valence-electron chi connectivity index (χ2n) is 4.31. The number of rotatable bonds is 4. The van der Waals surface area contributed by atoms with Gasteiger partial charge in [0.1, 0.15) is 0 Å². The predicted molar refractivity (Wildman–Crippen MR) is 79.5 cm³/mol. The van der Waals surface area contributed by atoms with E-state index >= 15 is 0 Å². The summed E-state index contributed by atoms with van der Waals surface area (Å²) in [6.07, 6.45) is 0.812. The van der Waals surface area contributed by atoms with Crippen LogP contribution in [-0.4, -0.2) is 4.98 Å². The lowest BCUT2D eigenvalue weighted by Gasteiger charge is -2.17. The highest BCUT2D eigenvalue weighted by Gasteiger charge is 2.15. The summed E-state index contributed by atoms with van der Waals surface area (Å²) in [6, 6.07) is 6.34. The minimum absolute atomic E-state index is 0.0908. The number of aryl methyl sites for hydroxylation is 2.